The van der Waals surface area contributed by atoms with E-state index in [1.165, 1.54) is 4.88 Å². The van der Waals surface area contributed by atoms with E-state index in [0.717, 1.165) is 17.7 Å². The number of thiophene rings is 1. The van der Waals surface area contributed by atoms with Crippen LogP contribution in [0.5, 0.6) is 0 Å². The van der Waals surface area contributed by atoms with Gasteiger partial charge in [-0.15, -0.1) is 11.3 Å². The third-order valence-corrected chi connectivity index (χ3v) is 4.74. The number of rotatable bonds is 7. The molecule has 134 valence electrons. The number of amides is 3. The van der Waals surface area contributed by atoms with Gasteiger partial charge in [0.25, 0.3) is 0 Å². The smallest absolute Gasteiger partial charge is 0.319 e. The number of aryl methyl sites for hydroxylation is 1. The number of nitrogens with one attached hydrogen (secondary N) is 2. The molecule has 0 aliphatic rings. The van der Waals surface area contributed by atoms with Crippen LogP contribution in [0.25, 0.3) is 0 Å². The van der Waals surface area contributed by atoms with Crippen molar-refractivity contribution in [1.29, 1.82) is 0 Å². The first-order valence-electron chi connectivity index (χ1n) is 8.33. The van der Waals surface area contributed by atoms with Crippen molar-refractivity contribution in [3.63, 3.8) is 0 Å². The van der Waals surface area contributed by atoms with Gasteiger partial charge in [-0.3, -0.25) is 4.79 Å². The van der Waals surface area contributed by atoms with Crippen LogP contribution < -0.4 is 10.6 Å². The summed E-state index contributed by atoms with van der Waals surface area (Å²) < 4.78 is 0. The normalized spacial score (nSPS) is 11.6. The fraction of sp³-hybridized carbons (Fsp3) is 0.368. The number of urea groups is 1. The maximum atomic E-state index is 12.3. The highest BCUT2D eigenvalue weighted by molar-refractivity contribution is 7.09. The molecular weight excluding hydrogens is 334 g/mol. The SMILES string of the molecule is CC(Cc1cccs1)NC(=O)Nc1ccccc1CCC(=O)N(C)C. The molecule has 0 radical (unpaired) electrons. The standard InChI is InChI=1S/C19H25N3O2S/c1-14(13-16-8-6-12-25-16)20-19(24)21-17-9-5-4-7-15(17)10-11-18(23)22(2)3/h4-9,12,14H,10-11,13H2,1-3H3,(H2,20,21,24). The van der Waals surface area contributed by atoms with Crippen LogP contribution in [0.1, 0.15) is 23.8 Å². The molecule has 0 fully saturated rings. The Hall–Kier alpha value is -2.34. The summed E-state index contributed by atoms with van der Waals surface area (Å²) in [6, 6.07) is 11.5. The molecule has 1 atom stereocenters. The molecule has 0 saturated carbocycles. The van der Waals surface area contributed by atoms with Gasteiger partial charge in [0.15, 0.2) is 0 Å². The number of hydrogen-bond acceptors (Lipinski definition) is 3. The first kappa shape index (κ1) is 19.0. The maximum absolute atomic E-state index is 12.3. The molecule has 25 heavy (non-hydrogen) atoms. The molecule has 0 aliphatic heterocycles. The Labute approximate surface area is 153 Å². The first-order valence-corrected chi connectivity index (χ1v) is 9.21. The van der Waals surface area contributed by atoms with E-state index in [-0.39, 0.29) is 18.0 Å². The summed E-state index contributed by atoms with van der Waals surface area (Å²) in [6.07, 6.45) is 1.82. The zero-order valence-corrected chi connectivity index (χ0v) is 15.7. The van der Waals surface area contributed by atoms with Gasteiger partial charge in [0.2, 0.25) is 5.91 Å². The van der Waals surface area contributed by atoms with Crippen LogP contribution >= 0.6 is 11.3 Å². The van der Waals surface area contributed by atoms with E-state index in [1.807, 2.05) is 42.6 Å². The molecule has 0 saturated heterocycles. The van der Waals surface area contributed by atoms with E-state index in [4.69, 9.17) is 0 Å². The second-order valence-corrected chi connectivity index (χ2v) is 7.26. The van der Waals surface area contributed by atoms with Crippen LogP contribution in [0.2, 0.25) is 0 Å². The zero-order valence-electron chi connectivity index (χ0n) is 14.9. The highest BCUT2D eigenvalue weighted by Crippen LogP contribution is 2.17. The summed E-state index contributed by atoms with van der Waals surface area (Å²) in [6.45, 7) is 1.99. The van der Waals surface area contributed by atoms with Crippen molar-refractivity contribution in [1.82, 2.24) is 10.2 Å². The van der Waals surface area contributed by atoms with Gasteiger partial charge in [-0.05, 0) is 36.4 Å². The van der Waals surface area contributed by atoms with Gasteiger partial charge in [-0.2, -0.15) is 0 Å². The third kappa shape index (κ3) is 6.23. The molecule has 0 aliphatic carbocycles. The van der Waals surface area contributed by atoms with E-state index in [2.05, 4.69) is 16.7 Å². The lowest BCUT2D eigenvalue weighted by molar-refractivity contribution is -0.128. The van der Waals surface area contributed by atoms with E-state index >= 15 is 0 Å². The third-order valence-electron chi connectivity index (χ3n) is 3.84. The van der Waals surface area contributed by atoms with Crippen molar-refractivity contribution in [2.75, 3.05) is 19.4 Å². The molecule has 2 rings (SSSR count). The fourth-order valence-corrected chi connectivity index (χ4v) is 3.32. The number of benzene rings is 1. The summed E-state index contributed by atoms with van der Waals surface area (Å²) in [4.78, 5) is 26.9. The molecular formula is C19H25N3O2S. The molecule has 2 aromatic rings. The first-order chi connectivity index (χ1) is 12.0. The number of para-hydroxylation sites is 1. The van der Waals surface area contributed by atoms with Gasteiger partial charge >= 0.3 is 6.03 Å². The van der Waals surface area contributed by atoms with Gasteiger partial charge in [-0.25, -0.2) is 4.79 Å². The van der Waals surface area contributed by atoms with Crippen LogP contribution in [0.15, 0.2) is 41.8 Å². The highest BCUT2D eigenvalue weighted by Gasteiger charge is 2.12. The Bertz CT molecular complexity index is 698. The lowest BCUT2D eigenvalue weighted by atomic mass is 10.1. The Kier molecular flexibility index (Phi) is 7.01. The Morgan fingerprint density at radius 1 is 1.16 bits per heavy atom. The van der Waals surface area contributed by atoms with Crippen LogP contribution in [0, 0.1) is 0 Å². The second-order valence-electron chi connectivity index (χ2n) is 6.23. The number of carbonyl (C=O) groups is 2. The number of hydrogen-bond donors (Lipinski definition) is 2. The minimum absolute atomic E-state index is 0.0427. The van der Waals surface area contributed by atoms with E-state index < -0.39 is 0 Å². The lowest BCUT2D eigenvalue weighted by Gasteiger charge is -2.16. The molecule has 2 N–H and O–H groups in total. The molecule has 6 heteroatoms. The van der Waals surface area contributed by atoms with Gasteiger partial charge in [0, 0.05) is 43.5 Å². The number of carbonyl (C=O) groups excluding carboxylic acids is 2. The predicted molar refractivity (Wildman–Crippen MR) is 103 cm³/mol. The average molecular weight is 359 g/mol. The molecule has 0 bridgehead atoms. The Morgan fingerprint density at radius 3 is 2.60 bits per heavy atom. The molecule has 1 unspecified atom stereocenters. The van der Waals surface area contributed by atoms with Crippen molar-refractivity contribution in [2.24, 2.45) is 0 Å². The van der Waals surface area contributed by atoms with Gasteiger partial charge in [0.05, 0.1) is 0 Å². The Balaban J connectivity index is 1.90. The van der Waals surface area contributed by atoms with Crippen LogP contribution in [-0.2, 0) is 17.6 Å². The topological polar surface area (TPSA) is 61.4 Å². The van der Waals surface area contributed by atoms with Crippen molar-refractivity contribution in [2.45, 2.75) is 32.2 Å². The summed E-state index contributed by atoms with van der Waals surface area (Å²) in [7, 11) is 3.49. The maximum Gasteiger partial charge on any atom is 0.319 e. The number of nitrogens with zero attached hydrogens (tertiary/aromatic N) is 1. The van der Waals surface area contributed by atoms with Crippen molar-refractivity contribution in [3.05, 3.63) is 52.2 Å². The molecule has 3 amide bonds. The largest absolute Gasteiger partial charge is 0.349 e. The van der Waals surface area contributed by atoms with Gasteiger partial charge in [0.1, 0.15) is 0 Å². The lowest BCUT2D eigenvalue weighted by Crippen LogP contribution is -2.37. The molecule has 0 spiro atoms. The van der Waals surface area contributed by atoms with Crippen molar-refractivity contribution < 1.29 is 9.59 Å². The summed E-state index contributed by atoms with van der Waals surface area (Å²) in [5, 5.41) is 7.90. The number of anilines is 1. The predicted octanol–water partition coefficient (Wildman–Crippen LogP) is 3.52. The van der Waals surface area contributed by atoms with Gasteiger partial charge < -0.3 is 15.5 Å². The molecule has 5 nitrogen and oxygen atoms in total. The average Bonchev–Trinajstić information content (AvgIpc) is 3.06. The highest BCUT2D eigenvalue weighted by atomic mass is 32.1. The van der Waals surface area contributed by atoms with Crippen LogP contribution in [0.4, 0.5) is 10.5 Å². The minimum atomic E-state index is -0.226. The van der Waals surface area contributed by atoms with Crippen molar-refractivity contribution in [3.8, 4) is 0 Å². The zero-order chi connectivity index (χ0) is 18.2. The fourth-order valence-electron chi connectivity index (χ4n) is 2.49. The summed E-state index contributed by atoms with van der Waals surface area (Å²) in [5.74, 6) is 0.0730. The Morgan fingerprint density at radius 2 is 1.92 bits per heavy atom. The molecule has 1 aromatic heterocycles. The van der Waals surface area contributed by atoms with Crippen LogP contribution in [-0.4, -0.2) is 37.0 Å². The molecule has 1 heterocycles. The van der Waals surface area contributed by atoms with Gasteiger partial charge in [-0.1, -0.05) is 24.3 Å². The summed E-state index contributed by atoms with van der Waals surface area (Å²) in [5.41, 5.74) is 1.70. The monoisotopic (exact) mass is 359 g/mol. The second kappa shape index (κ2) is 9.22. The van der Waals surface area contributed by atoms with E-state index in [1.54, 1.807) is 30.3 Å². The van der Waals surface area contributed by atoms with Crippen molar-refractivity contribution >= 4 is 29.0 Å². The quantitative estimate of drug-likeness (QED) is 0.794. The van der Waals surface area contributed by atoms with E-state index in [9.17, 15) is 9.59 Å². The summed E-state index contributed by atoms with van der Waals surface area (Å²) >= 11 is 1.69. The van der Waals surface area contributed by atoms with E-state index in [0.29, 0.717) is 12.8 Å². The molecule has 1 aromatic carbocycles. The van der Waals surface area contributed by atoms with Crippen LogP contribution in [0.3, 0.4) is 0 Å². The minimum Gasteiger partial charge on any atom is -0.349 e.